The summed E-state index contributed by atoms with van der Waals surface area (Å²) in [5, 5.41) is 10.0. The molecule has 1 aromatic heterocycles. The molecule has 1 heterocycles. The Balaban J connectivity index is 2.31. The van der Waals surface area contributed by atoms with Gasteiger partial charge in [-0.05, 0) is 18.2 Å². The normalized spacial score (nSPS) is 10.5. The molecule has 1 aromatic carbocycles. The van der Waals surface area contributed by atoms with Crippen LogP contribution in [0.3, 0.4) is 0 Å². The number of carbonyl (C=O) groups excluding carboxylic acids is 1. The zero-order valence-corrected chi connectivity index (χ0v) is 14.0. The standard InChI is InChI=1S/C13H10BrCl2N3O2/c1-21-6-8-9(14)3-2-4-10(8)17-13(20)7-5-11(15)18-19-12(7)16/h2-5H,6H2,1H3,(H,17,20). The molecule has 0 saturated carbocycles. The highest BCUT2D eigenvalue weighted by Gasteiger charge is 2.16. The van der Waals surface area contributed by atoms with Gasteiger partial charge in [-0.25, -0.2) is 0 Å². The van der Waals surface area contributed by atoms with Crippen LogP contribution in [0.25, 0.3) is 0 Å². The van der Waals surface area contributed by atoms with Crippen molar-refractivity contribution in [2.24, 2.45) is 0 Å². The van der Waals surface area contributed by atoms with Crippen molar-refractivity contribution in [3.8, 4) is 0 Å². The van der Waals surface area contributed by atoms with Crippen LogP contribution >= 0.6 is 39.1 Å². The van der Waals surface area contributed by atoms with E-state index in [9.17, 15) is 4.79 Å². The summed E-state index contributed by atoms with van der Waals surface area (Å²) in [6.07, 6.45) is 0. The van der Waals surface area contributed by atoms with Gasteiger partial charge in [0.1, 0.15) is 0 Å². The number of aromatic nitrogens is 2. The van der Waals surface area contributed by atoms with E-state index in [1.807, 2.05) is 6.07 Å². The molecule has 0 unspecified atom stereocenters. The molecular formula is C13H10BrCl2N3O2. The minimum absolute atomic E-state index is 0.0137. The van der Waals surface area contributed by atoms with Crippen molar-refractivity contribution in [1.82, 2.24) is 10.2 Å². The van der Waals surface area contributed by atoms with E-state index in [-0.39, 0.29) is 15.9 Å². The molecule has 0 bridgehead atoms. The van der Waals surface area contributed by atoms with Gasteiger partial charge in [0.2, 0.25) is 0 Å². The Morgan fingerprint density at radius 2 is 2.14 bits per heavy atom. The molecule has 21 heavy (non-hydrogen) atoms. The minimum atomic E-state index is -0.424. The number of halogens is 3. The summed E-state index contributed by atoms with van der Waals surface area (Å²) < 4.78 is 5.96. The van der Waals surface area contributed by atoms with E-state index in [1.54, 1.807) is 19.2 Å². The number of hydrogen-bond acceptors (Lipinski definition) is 4. The van der Waals surface area contributed by atoms with Crippen LogP contribution in [0.2, 0.25) is 10.3 Å². The molecule has 1 N–H and O–H groups in total. The van der Waals surface area contributed by atoms with Crippen LogP contribution in [0.5, 0.6) is 0 Å². The fourth-order valence-corrected chi connectivity index (χ4v) is 2.47. The second-order valence-electron chi connectivity index (χ2n) is 4.02. The zero-order valence-electron chi connectivity index (χ0n) is 10.9. The van der Waals surface area contributed by atoms with E-state index in [4.69, 9.17) is 27.9 Å². The van der Waals surface area contributed by atoms with E-state index in [2.05, 4.69) is 31.4 Å². The van der Waals surface area contributed by atoms with Crippen molar-refractivity contribution >= 4 is 50.7 Å². The quantitative estimate of drug-likeness (QED) is 0.858. The third-order valence-corrected chi connectivity index (χ3v) is 3.83. The van der Waals surface area contributed by atoms with Gasteiger partial charge in [0, 0.05) is 22.8 Å². The molecule has 0 spiro atoms. The topological polar surface area (TPSA) is 64.1 Å². The number of rotatable bonds is 4. The second-order valence-corrected chi connectivity index (χ2v) is 5.62. The smallest absolute Gasteiger partial charge is 0.258 e. The number of benzene rings is 1. The van der Waals surface area contributed by atoms with Crippen molar-refractivity contribution in [2.75, 3.05) is 12.4 Å². The van der Waals surface area contributed by atoms with Crippen LogP contribution in [0, 0.1) is 0 Å². The van der Waals surface area contributed by atoms with Gasteiger partial charge >= 0.3 is 0 Å². The summed E-state index contributed by atoms with van der Waals surface area (Å²) >= 11 is 15.0. The fraction of sp³-hybridized carbons (Fsp3) is 0.154. The lowest BCUT2D eigenvalue weighted by Crippen LogP contribution is -2.15. The molecule has 5 nitrogen and oxygen atoms in total. The summed E-state index contributed by atoms with van der Waals surface area (Å²) in [5.41, 5.74) is 1.58. The van der Waals surface area contributed by atoms with Crippen LogP contribution in [0.1, 0.15) is 15.9 Å². The number of methoxy groups -OCH3 is 1. The summed E-state index contributed by atoms with van der Waals surface area (Å²) in [4.78, 5) is 12.3. The van der Waals surface area contributed by atoms with Gasteiger partial charge in [-0.3, -0.25) is 4.79 Å². The van der Waals surface area contributed by atoms with Gasteiger partial charge < -0.3 is 10.1 Å². The third-order valence-electron chi connectivity index (χ3n) is 2.62. The zero-order chi connectivity index (χ0) is 15.4. The number of nitrogens with one attached hydrogen (secondary N) is 1. The lowest BCUT2D eigenvalue weighted by atomic mass is 10.1. The highest BCUT2D eigenvalue weighted by atomic mass is 79.9. The summed E-state index contributed by atoms with van der Waals surface area (Å²) in [6.45, 7) is 0.347. The van der Waals surface area contributed by atoms with E-state index >= 15 is 0 Å². The number of hydrogen-bond donors (Lipinski definition) is 1. The molecule has 0 saturated heterocycles. The maximum atomic E-state index is 12.3. The van der Waals surface area contributed by atoms with Crippen molar-refractivity contribution in [3.63, 3.8) is 0 Å². The van der Waals surface area contributed by atoms with E-state index in [1.165, 1.54) is 6.07 Å². The molecule has 2 rings (SSSR count). The summed E-state index contributed by atoms with van der Waals surface area (Å²) in [7, 11) is 1.58. The molecule has 2 aromatic rings. The van der Waals surface area contributed by atoms with Crippen molar-refractivity contribution < 1.29 is 9.53 Å². The van der Waals surface area contributed by atoms with Crippen LogP contribution in [0.15, 0.2) is 28.7 Å². The van der Waals surface area contributed by atoms with E-state index < -0.39 is 5.91 Å². The lowest BCUT2D eigenvalue weighted by Gasteiger charge is -2.12. The number of ether oxygens (including phenoxy) is 1. The molecule has 0 aliphatic rings. The Bertz CT molecular complexity index is 682. The Labute approximate surface area is 139 Å². The Morgan fingerprint density at radius 3 is 2.86 bits per heavy atom. The maximum Gasteiger partial charge on any atom is 0.258 e. The first-order valence-electron chi connectivity index (χ1n) is 5.79. The summed E-state index contributed by atoms with van der Waals surface area (Å²) in [5.74, 6) is -0.424. The number of anilines is 1. The van der Waals surface area contributed by atoms with Crippen molar-refractivity contribution in [1.29, 1.82) is 0 Å². The van der Waals surface area contributed by atoms with Gasteiger partial charge in [-0.15, -0.1) is 10.2 Å². The average Bonchev–Trinajstić information content (AvgIpc) is 2.45. The highest BCUT2D eigenvalue weighted by Crippen LogP contribution is 2.26. The Kier molecular flexibility index (Phi) is 5.52. The first kappa shape index (κ1) is 16.2. The molecule has 0 radical (unpaired) electrons. The maximum absolute atomic E-state index is 12.3. The molecule has 110 valence electrons. The average molecular weight is 391 g/mol. The van der Waals surface area contributed by atoms with Crippen molar-refractivity contribution in [2.45, 2.75) is 6.61 Å². The predicted octanol–water partition coefficient (Wildman–Crippen LogP) is 3.94. The van der Waals surface area contributed by atoms with Crippen LogP contribution in [-0.4, -0.2) is 23.2 Å². The second kappa shape index (κ2) is 7.17. The summed E-state index contributed by atoms with van der Waals surface area (Å²) in [6, 6.07) is 6.79. The molecule has 1 amide bonds. The van der Waals surface area contributed by atoms with Crippen LogP contribution in [0.4, 0.5) is 5.69 Å². The Hall–Kier alpha value is -1.21. The molecule has 0 aliphatic carbocycles. The fourth-order valence-electron chi connectivity index (χ4n) is 1.67. The highest BCUT2D eigenvalue weighted by molar-refractivity contribution is 9.10. The van der Waals surface area contributed by atoms with E-state index in [0.717, 1.165) is 10.0 Å². The SMILES string of the molecule is COCc1c(Br)cccc1NC(=O)c1cc(Cl)nnc1Cl. The van der Waals surface area contributed by atoms with E-state index in [0.29, 0.717) is 12.3 Å². The van der Waals surface area contributed by atoms with Gasteiger partial charge in [-0.1, -0.05) is 45.2 Å². The molecule has 0 fully saturated rings. The first-order chi connectivity index (χ1) is 10.0. The van der Waals surface area contributed by atoms with Crippen LogP contribution in [-0.2, 0) is 11.3 Å². The largest absolute Gasteiger partial charge is 0.380 e. The molecule has 0 atom stereocenters. The van der Waals surface area contributed by atoms with Gasteiger partial charge in [0.15, 0.2) is 10.3 Å². The number of nitrogens with zero attached hydrogens (tertiary/aromatic N) is 2. The molecule has 8 heteroatoms. The number of carbonyl (C=O) groups is 1. The minimum Gasteiger partial charge on any atom is -0.380 e. The monoisotopic (exact) mass is 389 g/mol. The van der Waals surface area contributed by atoms with Gasteiger partial charge in [0.25, 0.3) is 5.91 Å². The van der Waals surface area contributed by atoms with Gasteiger partial charge in [0.05, 0.1) is 12.2 Å². The van der Waals surface area contributed by atoms with Crippen LogP contribution < -0.4 is 5.32 Å². The number of amides is 1. The molecular weight excluding hydrogens is 381 g/mol. The lowest BCUT2D eigenvalue weighted by molar-refractivity contribution is 0.102. The van der Waals surface area contributed by atoms with Gasteiger partial charge in [-0.2, -0.15) is 0 Å². The van der Waals surface area contributed by atoms with Crippen molar-refractivity contribution in [3.05, 3.63) is 50.2 Å². The predicted molar refractivity (Wildman–Crippen MR) is 84.9 cm³/mol. The molecule has 0 aliphatic heterocycles. The third kappa shape index (κ3) is 3.91. The Morgan fingerprint density at radius 1 is 1.38 bits per heavy atom. The first-order valence-corrected chi connectivity index (χ1v) is 7.34.